The molecule has 0 aliphatic heterocycles. The number of nitro groups is 1. The molecule has 1 atom stereocenters. The molecular weight excluding hydrogens is 281 g/mol. The zero-order valence-electron chi connectivity index (χ0n) is 10.3. The molecule has 0 aliphatic rings. The molecule has 0 heterocycles. The highest BCUT2D eigenvalue weighted by molar-refractivity contribution is 5.90. The van der Waals surface area contributed by atoms with Crippen molar-refractivity contribution in [3.05, 3.63) is 33.9 Å². The van der Waals surface area contributed by atoms with E-state index in [-0.39, 0.29) is 11.3 Å². The summed E-state index contributed by atoms with van der Waals surface area (Å²) in [5.74, 6) is -1.33. The van der Waals surface area contributed by atoms with Gasteiger partial charge in [-0.3, -0.25) is 10.1 Å². The molecule has 1 rings (SSSR count). The monoisotopic (exact) mass is 292 g/mol. The number of hydrogen-bond donors (Lipinski definition) is 2. The fraction of sp³-hybridized carbons (Fsp3) is 0.364. The largest absolute Gasteiger partial charge is 0.478 e. The molecule has 0 spiro atoms. The van der Waals surface area contributed by atoms with Crippen LogP contribution in [0.15, 0.2) is 18.2 Å². The number of rotatable bonds is 5. The smallest absolute Gasteiger partial charge is 0.391 e. The number of carboxylic acid groups (broad SMARTS) is 1. The summed E-state index contributed by atoms with van der Waals surface area (Å²) in [5, 5.41) is 21.9. The molecule has 0 saturated heterocycles. The average Bonchev–Trinajstić information content (AvgIpc) is 2.25. The first-order valence-electron chi connectivity index (χ1n) is 5.45. The van der Waals surface area contributed by atoms with E-state index in [2.05, 4.69) is 5.32 Å². The molecule has 2 N–H and O–H groups in total. The van der Waals surface area contributed by atoms with E-state index in [0.29, 0.717) is 0 Å². The summed E-state index contributed by atoms with van der Waals surface area (Å²) in [4.78, 5) is 20.7. The van der Waals surface area contributed by atoms with Crippen LogP contribution in [0.1, 0.15) is 23.7 Å². The molecule has 0 amide bonds. The summed E-state index contributed by atoms with van der Waals surface area (Å²) < 4.78 is 36.6. The number of nitrogens with one attached hydrogen (secondary N) is 1. The number of carbonyl (C=O) groups is 1. The predicted molar refractivity (Wildman–Crippen MR) is 63.8 cm³/mol. The minimum absolute atomic E-state index is 0.252. The van der Waals surface area contributed by atoms with Crippen molar-refractivity contribution in [1.82, 2.24) is 0 Å². The minimum atomic E-state index is -4.42. The second-order valence-electron chi connectivity index (χ2n) is 4.16. The fourth-order valence-electron chi connectivity index (χ4n) is 1.61. The maximum Gasteiger partial charge on any atom is 0.391 e. The first-order chi connectivity index (χ1) is 9.10. The highest BCUT2D eigenvalue weighted by atomic mass is 19.4. The number of benzene rings is 1. The first-order valence-corrected chi connectivity index (χ1v) is 5.45. The Morgan fingerprint density at radius 3 is 2.55 bits per heavy atom. The van der Waals surface area contributed by atoms with Gasteiger partial charge >= 0.3 is 12.1 Å². The Labute approximate surface area is 111 Å². The summed E-state index contributed by atoms with van der Waals surface area (Å²) in [6.45, 7) is 1.20. The van der Waals surface area contributed by atoms with Crippen LogP contribution in [-0.4, -0.2) is 28.2 Å². The van der Waals surface area contributed by atoms with Crippen molar-refractivity contribution in [3.8, 4) is 0 Å². The summed E-state index contributed by atoms with van der Waals surface area (Å²) in [6, 6.07) is 1.76. The highest BCUT2D eigenvalue weighted by Gasteiger charge is 2.30. The molecule has 1 aromatic carbocycles. The number of halogens is 3. The third kappa shape index (κ3) is 4.41. The number of nitro benzene ring substituents is 1. The average molecular weight is 292 g/mol. The molecule has 110 valence electrons. The molecule has 0 fully saturated rings. The molecule has 20 heavy (non-hydrogen) atoms. The zero-order valence-corrected chi connectivity index (χ0v) is 10.3. The lowest BCUT2D eigenvalue weighted by Gasteiger charge is -2.17. The number of anilines is 1. The van der Waals surface area contributed by atoms with Crippen molar-refractivity contribution >= 4 is 17.3 Å². The van der Waals surface area contributed by atoms with Crippen molar-refractivity contribution in [2.45, 2.75) is 25.6 Å². The van der Waals surface area contributed by atoms with Crippen LogP contribution in [0.4, 0.5) is 24.5 Å². The van der Waals surface area contributed by atoms with Crippen LogP contribution in [0.3, 0.4) is 0 Å². The quantitative estimate of drug-likeness (QED) is 0.642. The van der Waals surface area contributed by atoms with E-state index in [1.54, 1.807) is 0 Å². The Kier molecular flexibility index (Phi) is 4.53. The summed E-state index contributed by atoms with van der Waals surface area (Å²) >= 11 is 0. The zero-order chi connectivity index (χ0) is 15.5. The van der Waals surface area contributed by atoms with Gasteiger partial charge in [-0.1, -0.05) is 0 Å². The van der Waals surface area contributed by atoms with Crippen LogP contribution in [0.2, 0.25) is 0 Å². The first kappa shape index (κ1) is 15.7. The van der Waals surface area contributed by atoms with Crippen LogP contribution in [0.25, 0.3) is 0 Å². The van der Waals surface area contributed by atoms with Crippen LogP contribution in [0, 0.1) is 10.1 Å². The van der Waals surface area contributed by atoms with E-state index in [1.807, 2.05) is 0 Å². The molecule has 1 unspecified atom stereocenters. The molecule has 9 heteroatoms. The topological polar surface area (TPSA) is 92.5 Å². The maximum atomic E-state index is 12.2. The fourth-order valence-corrected chi connectivity index (χ4v) is 1.61. The Balaban J connectivity index is 3.04. The van der Waals surface area contributed by atoms with Crippen LogP contribution in [-0.2, 0) is 0 Å². The van der Waals surface area contributed by atoms with Crippen molar-refractivity contribution in [3.63, 3.8) is 0 Å². The van der Waals surface area contributed by atoms with Gasteiger partial charge < -0.3 is 10.4 Å². The normalized spacial score (nSPS) is 12.8. The van der Waals surface area contributed by atoms with E-state index in [0.717, 1.165) is 18.2 Å². The van der Waals surface area contributed by atoms with Crippen molar-refractivity contribution in [1.29, 1.82) is 0 Å². The minimum Gasteiger partial charge on any atom is -0.478 e. The van der Waals surface area contributed by atoms with Gasteiger partial charge in [0.05, 0.1) is 16.9 Å². The lowest BCUT2D eigenvalue weighted by atomic mass is 10.1. The van der Waals surface area contributed by atoms with Gasteiger partial charge in [0.25, 0.3) is 5.69 Å². The number of hydrogen-bond acceptors (Lipinski definition) is 4. The summed E-state index contributed by atoms with van der Waals surface area (Å²) in [5.41, 5.74) is -0.993. The second-order valence-corrected chi connectivity index (χ2v) is 4.16. The molecule has 0 aliphatic carbocycles. The van der Waals surface area contributed by atoms with E-state index in [1.165, 1.54) is 6.92 Å². The molecule has 1 aromatic rings. The summed E-state index contributed by atoms with van der Waals surface area (Å²) in [7, 11) is 0. The van der Waals surface area contributed by atoms with Crippen molar-refractivity contribution < 1.29 is 28.0 Å². The molecule has 0 bridgehead atoms. The number of aromatic carboxylic acids is 1. The SMILES string of the molecule is CC(CC(F)(F)F)Nc1cc(C(=O)O)ccc1[N+](=O)[O-]. The Hall–Kier alpha value is -2.32. The van der Waals surface area contributed by atoms with E-state index in [4.69, 9.17) is 5.11 Å². The standard InChI is InChI=1S/C11H11F3N2O4/c1-6(5-11(12,13)14)15-8-4-7(10(17)18)2-3-9(8)16(19)20/h2-4,6,15H,5H2,1H3,(H,17,18). The molecule has 0 saturated carbocycles. The van der Waals surface area contributed by atoms with Gasteiger partial charge in [0.2, 0.25) is 0 Å². The Morgan fingerprint density at radius 1 is 1.50 bits per heavy atom. The maximum absolute atomic E-state index is 12.2. The van der Waals surface area contributed by atoms with Crippen molar-refractivity contribution in [2.75, 3.05) is 5.32 Å². The van der Waals surface area contributed by atoms with E-state index < -0.39 is 35.2 Å². The van der Waals surface area contributed by atoms with Gasteiger partial charge in [-0.15, -0.1) is 0 Å². The molecule has 6 nitrogen and oxygen atoms in total. The predicted octanol–water partition coefficient (Wildman–Crippen LogP) is 3.05. The van der Waals surface area contributed by atoms with E-state index >= 15 is 0 Å². The molecular formula is C11H11F3N2O4. The van der Waals surface area contributed by atoms with Gasteiger partial charge in [-0.25, -0.2) is 4.79 Å². The van der Waals surface area contributed by atoms with Crippen LogP contribution in [0.5, 0.6) is 0 Å². The van der Waals surface area contributed by atoms with Crippen LogP contribution < -0.4 is 5.32 Å². The third-order valence-corrected chi connectivity index (χ3v) is 2.38. The Bertz CT molecular complexity index is 531. The van der Waals surface area contributed by atoms with Gasteiger partial charge in [0.1, 0.15) is 5.69 Å². The van der Waals surface area contributed by atoms with Gasteiger partial charge in [0, 0.05) is 12.1 Å². The van der Waals surface area contributed by atoms with E-state index in [9.17, 15) is 28.1 Å². The number of carboxylic acids is 1. The van der Waals surface area contributed by atoms with Gasteiger partial charge in [-0.2, -0.15) is 13.2 Å². The third-order valence-electron chi connectivity index (χ3n) is 2.38. The number of alkyl halides is 3. The van der Waals surface area contributed by atoms with Crippen LogP contribution >= 0.6 is 0 Å². The lowest BCUT2D eigenvalue weighted by molar-refractivity contribution is -0.384. The molecule has 0 radical (unpaired) electrons. The van der Waals surface area contributed by atoms with Gasteiger partial charge in [0.15, 0.2) is 0 Å². The highest BCUT2D eigenvalue weighted by Crippen LogP contribution is 2.29. The summed E-state index contributed by atoms with van der Waals surface area (Å²) in [6.07, 6.45) is -5.62. The molecule has 0 aromatic heterocycles. The lowest BCUT2D eigenvalue weighted by Crippen LogP contribution is -2.24. The second kappa shape index (κ2) is 5.76. The number of nitrogens with zero attached hydrogens (tertiary/aromatic N) is 1. The Morgan fingerprint density at radius 2 is 2.10 bits per heavy atom. The van der Waals surface area contributed by atoms with Gasteiger partial charge in [-0.05, 0) is 19.1 Å². The van der Waals surface area contributed by atoms with Crippen molar-refractivity contribution in [2.24, 2.45) is 0 Å².